The van der Waals surface area contributed by atoms with Gasteiger partial charge in [-0.2, -0.15) is 0 Å². The van der Waals surface area contributed by atoms with Crippen LogP contribution in [0.1, 0.15) is 25.0 Å². The first-order valence-corrected chi connectivity index (χ1v) is 8.29. The van der Waals surface area contributed by atoms with Crippen molar-refractivity contribution in [2.24, 2.45) is 0 Å². The summed E-state index contributed by atoms with van der Waals surface area (Å²) in [5, 5.41) is 0.686. The summed E-state index contributed by atoms with van der Waals surface area (Å²) >= 11 is 0. The highest BCUT2D eigenvalue weighted by Crippen LogP contribution is 2.22. The lowest BCUT2D eigenvalue weighted by Gasteiger charge is -2.05. The monoisotopic (exact) mass is 318 g/mol. The topological polar surface area (TPSA) is 34.9 Å². The van der Waals surface area contributed by atoms with Gasteiger partial charge in [0, 0.05) is 11.6 Å². The van der Waals surface area contributed by atoms with Gasteiger partial charge in [-0.05, 0) is 37.6 Å². The Morgan fingerprint density at radius 3 is 2.41 bits per heavy atom. The predicted molar refractivity (Wildman–Crippen MR) is 88.8 cm³/mol. The lowest BCUT2D eigenvalue weighted by molar-refractivity contribution is 0.624. The zero-order valence-electron chi connectivity index (χ0n) is 13.1. The van der Waals surface area contributed by atoms with Gasteiger partial charge in [0.1, 0.15) is 5.82 Å². The number of hydrogen-bond acceptors (Lipinski definition) is 2. The van der Waals surface area contributed by atoms with Crippen molar-refractivity contribution in [3.8, 4) is 0 Å². The maximum Gasteiger partial charge on any atom is 0.158 e. The van der Waals surface area contributed by atoms with Crippen LogP contribution in [0.3, 0.4) is 0 Å². The maximum absolute atomic E-state index is 13.2. The van der Waals surface area contributed by atoms with Crippen LogP contribution in [0.15, 0.2) is 47.6 Å². The highest BCUT2D eigenvalue weighted by molar-refractivity contribution is 7.83. The van der Waals surface area contributed by atoms with Gasteiger partial charge < -0.3 is 0 Å². The van der Waals surface area contributed by atoms with Crippen LogP contribution < -0.4 is 0 Å². The molecule has 0 amide bonds. The van der Waals surface area contributed by atoms with Gasteiger partial charge in [-0.3, -0.25) is 0 Å². The Morgan fingerprint density at radius 1 is 1.14 bits per heavy atom. The van der Waals surface area contributed by atoms with Crippen LogP contribution >= 0.6 is 0 Å². The van der Waals surface area contributed by atoms with Crippen LogP contribution in [0.25, 0.3) is 11.0 Å². The Hall–Kier alpha value is -2.01. The summed E-state index contributed by atoms with van der Waals surface area (Å²) in [5.74, 6) is -0.389. The lowest BCUT2D eigenvalue weighted by Crippen LogP contribution is -2.04. The standard InChI is InChI=1S/C15H13FN2OS.C2H6/c1-10-3-5-13(6-4-10)20(19)18-9-11(2)14-7-12(16)8-17-15(14)18;1-2/h3-9H,1-2H3;1-2H3. The molecule has 116 valence electrons. The number of pyridine rings is 1. The molecule has 3 rings (SSSR count). The van der Waals surface area contributed by atoms with E-state index in [4.69, 9.17) is 0 Å². The predicted octanol–water partition coefficient (Wildman–Crippen LogP) is 4.39. The molecule has 0 bridgehead atoms. The lowest BCUT2D eigenvalue weighted by atomic mass is 10.2. The van der Waals surface area contributed by atoms with E-state index < -0.39 is 11.0 Å². The minimum absolute atomic E-state index is 0.389. The molecule has 3 nitrogen and oxygen atoms in total. The number of aryl methyl sites for hydroxylation is 2. The fraction of sp³-hybridized carbons (Fsp3) is 0.235. The van der Waals surface area contributed by atoms with Crippen molar-refractivity contribution in [3.05, 3.63) is 59.7 Å². The van der Waals surface area contributed by atoms with E-state index in [9.17, 15) is 8.60 Å². The smallest absolute Gasteiger partial charge is 0.158 e. The molecule has 0 fully saturated rings. The molecule has 0 aliphatic carbocycles. The van der Waals surface area contributed by atoms with Gasteiger partial charge in [0.25, 0.3) is 0 Å². The van der Waals surface area contributed by atoms with Crippen LogP contribution in [0, 0.1) is 19.7 Å². The second-order valence-corrected chi connectivity index (χ2v) is 6.09. The number of benzene rings is 1. The van der Waals surface area contributed by atoms with E-state index in [1.165, 1.54) is 6.07 Å². The molecule has 0 N–H and O–H groups in total. The van der Waals surface area contributed by atoms with E-state index in [0.717, 1.165) is 17.3 Å². The molecule has 22 heavy (non-hydrogen) atoms. The van der Waals surface area contributed by atoms with E-state index in [2.05, 4.69) is 4.98 Å². The molecule has 1 unspecified atom stereocenters. The minimum atomic E-state index is -1.38. The van der Waals surface area contributed by atoms with Gasteiger partial charge in [0.05, 0.1) is 11.1 Å². The van der Waals surface area contributed by atoms with Crippen molar-refractivity contribution in [2.75, 3.05) is 0 Å². The van der Waals surface area contributed by atoms with Crippen molar-refractivity contribution < 1.29 is 8.60 Å². The molecule has 0 aliphatic heterocycles. The minimum Gasteiger partial charge on any atom is -0.246 e. The van der Waals surface area contributed by atoms with Gasteiger partial charge in [0.15, 0.2) is 16.6 Å². The Labute approximate surface area is 132 Å². The molecule has 0 spiro atoms. The summed E-state index contributed by atoms with van der Waals surface area (Å²) in [6, 6.07) is 8.91. The van der Waals surface area contributed by atoms with Gasteiger partial charge in [-0.1, -0.05) is 31.5 Å². The Morgan fingerprint density at radius 2 is 1.77 bits per heavy atom. The van der Waals surface area contributed by atoms with Gasteiger partial charge >= 0.3 is 0 Å². The molecule has 5 heteroatoms. The summed E-state index contributed by atoms with van der Waals surface area (Å²) in [6.07, 6.45) is 2.89. The van der Waals surface area contributed by atoms with E-state index >= 15 is 0 Å². The van der Waals surface area contributed by atoms with Crippen molar-refractivity contribution in [3.63, 3.8) is 0 Å². The SMILES string of the molecule is CC.Cc1ccc(S(=O)n2cc(C)c3cc(F)cnc32)cc1. The molecular formula is C17H19FN2OS. The van der Waals surface area contributed by atoms with Crippen LogP contribution in [0.4, 0.5) is 4.39 Å². The number of rotatable bonds is 2. The van der Waals surface area contributed by atoms with Crippen molar-refractivity contribution in [1.29, 1.82) is 0 Å². The molecule has 2 aromatic heterocycles. The van der Waals surface area contributed by atoms with Crippen molar-refractivity contribution in [2.45, 2.75) is 32.6 Å². The van der Waals surface area contributed by atoms with Crippen molar-refractivity contribution >= 4 is 22.0 Å². The Bertz CT molecular complexity index is 809. The fourth-order valence-electron chi connectivity index (χ4n) is 2.10. The fourth-order valence-corrected chi connectivity index (χ4v) is 3.25. The van der Waals surface area contributed by atoms with Crippen molar-refractivity contribution in [1.82, 2.24) is 8.96 Å². The summed E-state index contributed by atoms with van der Waals surface area (Å²) < 4.78 is 27.4. The first-order valence-electron chi connectivity index (χ1n) is 7.18. The van der Waals surface area contributed by atoms with E-state index in [0.29, 0.717) is 15.9 Å². The highest BCUT2D eigenvalue weighted by atomic mass is 32.2. The third kappa shape index (κ3) is 3.09. The molecule has 2 heterocycles. The zero-order valence-corrected chi connectivity index (χ0v) is 13.9. The van der Waals surface area contributed by atoms with Gasteiger partial charge in [-0.25, -0.2) is 17.6 Å². The highest BCUT2D eigenvalue weighted by Gasteiger charge is 2.14. The van der Waals surface area contributed by atoms with Crippen LogP contribution in [0.5, 0.6) is 0 Å². The molecule has 0 radical (unpaired) electrons. The Balaban J connectivity index is 0.000000847. The largest absolute Gasteiger partial charge is 0.246 e. The average Bonchev–Trinajstić information content (AvgIpc) is 2.86. The van der Waals surface area contributed by atoms with Gasteiger partial charge in [0.2, 0.25) is 0 Å². The summed E-state index contributed by atoms with van der Waals surface area (Å²) in [4.78, 5) is 4.75. The van der Waals surface area contributed by atoms with Gasteiger partial charge in [-0.15, -0.1) is 0 Å². The van der Waals surface area contributed by atoms with E-state index in [1.807, 2.05) is 52.0 Å². The third-order valence-electron chi connectivity index (χ3n) is 3.18. The van der Waals surface area contributed by atoms with Crippen LogP contribution in [-0.2, 0) is 11.0 Å². The molecule has 0 aliphatic rings. The molecule has 1 aromatic carbocycles. The quantitative estimate of drug-likeness (QED) is 0.702. The first-order chi connectivity index (χ1) is 10.6. The van der Waals surface area contributed by atoms with E-state index in [1.54, 1.807) is 10.2 Å². The number of nitrogens with zero attached hydrogens (tertiary/aromatic N) is 2. The summed E-state index contributed by atoms with van der Waals surface area (Å²) in [7, 11) is -1.38. The van der Waals surface area contributed by atoms with E-state index in [-0.39, 0.29) is 5.82 Å². The number of aromatic nitrogens is 2. The third-order valence-corrected chi connectivity index (χ3v) is 4.49. The number of halogens is 1. The Kier molecular flexibility index (Phi) is 5.08. The number of fused-ring (bicyclic) bond motifs is 1. The molecule has 0 saturated heterocycles. The number of hydrogen-bond donors (Lipinski definition) is 0. The maximum atomic E-state index is 13.2. The first kappa shape index (κ1) is 16.4. The normalized spacial score (nSPS) is 11.9. The average molecular weight is 318 g/mol. The van der Waals surface area contributed by atoms with Crippen LogP contribution in [-0.4, -0.2) is 13.2 Å². The second kappa shape index (κ2) is 6.83. The zero-order chi connectivity index (χ0) is 16.3. The molecule has 1 atom stereocenters. The molecule has 3 aromatic rings. The molecule has 0 saturated carbocycles. The summed E-state index contributed by atoms with van der Waals surface area (Å²) in [6.45, 7) is 7.83. The second-order valence-electron chi connectivity index (χ2n) is 4.72. The van der Waals surface area contributed by atoms with Crippen LogP contribution in [0.2, 0.25) is 0 Å². The molecular weight excluding hydrogens is 299 g/mol. The summed E-state index contributed by atoms with van der Waals surface area (Å²) in [5.41, 5.74) is 2.50.